The first-order valence-corrected chi connectivity index (χ1v) is 14.6. The second-order valence-corrected chi connectivity index (χ2v) is 10.3. The first kappa shape index (κ1) is 32.8. The Bertz CT molecular complexity index is 1500. The normalized spacial score (nSPS) is 10.8. The lowest BCUT2D eigenvalue weighted by atomic mass is 10.1. The van der Waals surface area contributed by atoms with E-state index in [1.54, 1.807) is 19.1 Å². The SMILES string of the molecule is CCOC(=O)Oc1ccc(C(=O)O)cc1.COS(=O)(=O)Oc1ccccc1CN(Cc1ccccc1)Cc1ccccc1. The molecule has 0 atom stereocenters. The largest absolute Gasteiger partial charge is 0.513 e. The van der Waals surface area contributed by atoms with Crippen molar-refractivity contribution in [1.82, 2.24) is 4.90 Å². The molecule has 4 aromatic carbocycles. The Morgan fingerprint density at radius 3 is 1.79 bits per heavy atom. The van der Waals surface area contributed by atoms with E-state index in [9.17, 15) is 18.0 Å². The highest BCUT2D eigenvalue weighted by atomic mass is 32.3. The number of benzene rings is 4. The predicted octanol–water partition coefficient (Wildman–Crippen LogP) is 6.08. The fraction of sp³-hybridized carbons (Fsp3) is 0.188. The summed E-state index contributed by atoms with van der Waals surface area (Å²) in [6.07, 6.45) is -0.805. The highest BCUT2D eigenvalue weighted by Crippen LogP contribution is 2.24. The summed E-state index contributed by atoms with van der Waals surface area (Å²) in [4.78, 5) is 23.6. The lowest BCUT2D eigenvalue weighted by Crippen LogP contribution is -2.23. The molecule has 11 heteroatoms. The maximum absolute atomic E-state index is 11.7. The van der Waals surface area contributed by atoms with Gasteiger partial charge in [-0.15, -0.1) is 0 Å². The molecule has 10 nitrogen and oxygen atoms in total. The van der Waals surface area contributed by atoms with Crippen molar-refractivity contribution in [1.29, 1.82) is 0 Å². The number of carboxylic acids is 1. The minimum absolute atomic E-state index is 0.131. The zero-order chi connectivity index (χ0) is 31.1. The lowest BCUT2D eigenvalue weighted by molar-refractivity contribution is 0.0696. The van der Waals surface area contributed by atoms with Crippen molar-refractivity contribution in [2.75, 3.05) is 13.7 Å². The van der Waals surface area contributed by atoms with Crippen LogP contribution in [0, 0.1) is 0 Å². The molecule has 0 aliphatic rings. The molecule has 0 saturated carbocycles. The van der Waals surface area contributed by atoms with E-state index in [4.69, 9.17) is 14.0 Å². The summed E-state index contributed by atoms with van der Waals surface area (Å²) >= 11 is 0. The van der Waals surface area contributed by atoms with Gasteiger partial charge in [0.25, 0.3) is 0 Å². The van der Waals surface area contributed by atoms with Gasteiger partial charge in [-0.25, -0.2) is 13.8 Å². The van der Waals surface area contributed by atoms with E-state index in [0.29, 0.717) is 6.54 Å². The van der Waals surface area contributed by atoms with Crippen molar-refractivity contribution >= 4 is 22.5 Å². The molecule has 1 N–H and O–H groups in total. The monoisotopic (exact) mass is 607 g/mol. The van der Waals surface area contributed by atoms with Crippen LogP contribution in [0.4, 0.5) is 4.79 Å². The van der Waals surface area contributed by atoms with Crippen LogP contribution in [0.3, 0.4) is 0 Å². The number of nitrogens with zero attached hydrogens (tertiary/aromatic N) is 1. The Morgan fingerprint density at radius 1 is 0.744 bits per heavy atom. The topological polar surface area (TPSA) is 129 Å². The van der Waals surface area contributed by atoms with Crippen molar-refractivity contribution in [3.05, 3.63) is 131 Å². The van der Waals surface area contributed by atoms with Gasteiger partial charge in [-0.1, -0.05) is 78.9 Å². The Kier molecular flexibility index (Phi) is 12.7. The molecule has 4 rings (SSSR count). The first-order chi connectivity index (χ1) is 20.7. The third-order valence-electron chi connectivity index (χ3n) is 5.83. The molecule has 0 radical (unpaired) electrons. The zero-order valence-corrected chi connectivity index (χ0v) is 24.6. The van der Waals surface area contributed by atoms with Crippen LogP contribution < -0.4 is 8.92 Å². The molecule has 0 aliphatic heterocycles. The molecular weight excluding hydrogens is 574 g/mol. The van der Waals surface area contributed by atoms with E-state index < -0.39 is 22.5 Å². The van der Waals surface area contributed by atoms with Gasteiger partial charge in [0, 0.05) is 25.2 Å². The fourth-order valence-electron chi connectivity index (χ4n) is 3.86. The average molecular weight is 608 g/mol. The second kappa shape index (κ2) is 16.7. The number of hydrogen-bond acceptors (Lipinski definition) is 9. The molecule has 0 spiro atoms. The molecule has 0 amide bonds. The van der Waals surface area contributed by atoms with Gasteiger partial charge in [-0.2, -0.15) is 8.42 Å². The van der Waals surface area contributed by atoms with E-state index in [0.717, 1.165) is 25.8 Å². The Morgan fingerprint density at radius 2 is 1.28 bits per heavy atom. The molecule has 0 aliphatic carbocycles. The maximum Gasteiger partial charge on any atom is 0.513 e. The van der Waals surface area contributed by atoms with Gasteiger partial charge < -0.3 is 18.8 Å². The van der Waals surface area contributed by atoms with Crippen molar-refractivity contribution < 1.29 is 41.0 Å². The molecule has 0 heterocycles. The van der Waals surface area contributed by atoms with Gasteiger partial charge in [0.1, 0.15) is 11.5 Å². The highest BCUT2D eigenvalue weighted by molar-refractivity contribution is 7.82. The summed E-state index contributed by atoms with van der Waals surface area (Å²) in [6, 6.07) is 32.9. The molecule has 0 saturated heterocycles. The third kappa shape index (κ3) is 11.6. The molecule has 4 aromatic rings. The van der Waals surface area contributed by atoms with E-state index >= 15 is 0 Å². The van der Waals surface area contributed by atoms with Crippen molar-refractivity contribution in [3.63, 3.8) is 0 Å². The van der Waals surface area contributed by atoms with E-state index in [1.165, 1.54) is 35.4 Å². The molecule has 226 valence electrons. The molecular formula is C32H33NO9S. The van der Waals surface area contributed by atoms with Crippen LogP contribution in [0.1, 0.15) is 34.0 Å². The molecule has 0 bridgehead atoms. The second-order valence-electron chi connectivity index (χ2n) is 9.00. The maximum atomic E-state index is 11.7. The highest BCUT2D eigenvalue weighted by Gasteiger charge is 2.17. The minimum atomic E-state index is -4.07. The Hall–Kier alpha value is -4.71. The van der Waals surface area contributed by atoms with Crippen LogP contribution in [0.2, 0.25) is 0 Å². The van der Waals surface area contributed by atoms with Crippen LogP contribution in [0.25, 0.3) is 0 Å². The number of ether oxygens (including phenoxy) is 2. The Balaban J connectivity index is 0.000000285. The van der Waals surface area contributed by atoms with Crippen molar-refractivity contribution in [2.24, 2.45) is 0 Å². The molecule has 43 heavy (non-hydrogen) atoms. The number of rotatable bonds is 12. The standard InChI is InChI=1S/C22H23NO4S.C10H10O5/c1-26-28(24,25)27-22-15-9-8-14-21(22)18-23(16-19-10-4-2-5-11-19)17-20-12-6-3-7-13-20;1-2-14-10(13)15-8-5-3-7(4-6-8)9(11)12/h2-15H,16-18H2,1H3;3-6H,2H2,1H3,(H,11,12). The van der Waals surface area contributed by atoms with Crippen LogP contribution in [0.5, 0.6) is 11.5 Å². The number of hydrogen-bond donors (Lipinski definition) is 1. The predicted molar refractivity (Wildman–Crippen MR) is 160 cm³/mol. The minimum Gasteiger partial charge on any atom is -0.478 e. The molecule has 0 aromatic heterocycles. The van der Waals surface area contributed by atoms with E-state index in [-0.39, 0.29) is 23.7 Å². The third-order valence-corrected chi connectivity index (χ3v) is 6.62. The van der Waals surface area contributed by atoms with Gasteiger partial charge in [-0.05, 0) is 48.4 Å². The first-order valence-electron chi connectivity index (χ1n) is 13.2. The van der Waals surface area contributed by atoms with E-state index in [2.05, 4.69) is 38.1 Å². The average Bonchev–Trinajstić information content (AvgIpc) is 3.00. The summed E-state index contributed by atoms with van der Waals surface area (Å²) in [7, 11) is -2.99. The van der Waals surface area contributed by atoms with Gasteiger partial charge in [0.15, 0.2) is 0 Å². The van der Waals surface area contributed by atoms with E-state index in [1.807, 2.05) is 48.5 Å². The summed E-state index contributed by atoms with van der Waals surface area (Å²) in [5, 5.41) is 8.61. The van der Waals surface area contributed by atoms with Crippen molar-refractivity contribution in [3.8, 4) is 11.5 Å². The lowest BCUT2D eigenvalue weighted by Gasteiger charge is -2.24. The fourth-order valence-corrected chi connectivity index (χ4v) is 4.31. The summed E-state index contributed by atoms with van der Waals surface area (Å²) in [6.45, 7) is 3.86. The van der Waals surface area contributed by atoms with Gasteiger partial charge in [0.2, 0.25) is 0 Å². The van der Waals surface area contributed by atoms with Crippen LogP contribution in [-0.2, 0) is 39.0 Å². The summed E-state index contributed by atoms with van der Waals surface area (Å²) in [5.74, 6) is -0.508. The number of para-hydroxylation sites is 1. The number of carbonyl (C=O) groups is 2. The van der Waals surface area contributed by atoms with Crippen molar-refractivity contribution in [2.45, 2.75) is 26.6 Å². The quantitative estimate of drug-likeness (QED) is 0.149. The number of carboxylic acid groups (broad SMARTS) is 1. The Labute approximate surface area is 251 Å². The van der Waals surface area contributed by atoms with Crippen LogP contribution >= 0.6 is 0 Å². The van der Waals surface area contributed by atoms with Gasteiger partial charge in [-0.3, -0.25) is 4.90 Å². The molecule has 0 fully saturated rings. The number of aromatic carboxylic acids is 1. The summed E-state index contributed by atoms with van der Waals surface area (Å²) in [5.41, 5.74) is 3.27. The number of carbonyl (C=O) groups excluding carboxylic acids is 1. The molecule has 0 unspecified atom stereocenters. The zero-order valence-electron chi connectivity index (χ0n) is 23.8. The smallest absolute Gasteiger partial charge is 0.478 e. The van der Waals surface area contributed by atoms with Crippen LogP contribution in [-0.4, -0.2) is 44.3 Å². The van der Waals surface area contributed by atoms with Crippen LogP contribution in [0.15, 0.2) is 109 Å². The summed E-state index contributed by atoms with van der Waals surface area (Å²) < 4.78 is 42.3. The van der Waals surface area contributed by atoms with Gasteiger partial charge in [0.05, 0.1) is 19.3 Å². The van der Waals surface area contributed by atoms with Gasteiger partial charge >= 0.3 is 22.5 Å².